The van der Waals surface area contributed by atoms with Crippen LogP contribution in [0.4, 0.5) is 0 Å². The van der Waals surface area contributed by atoms with Crippen molar-refractivity contribution >= 4 is 0 Å². The van der Waals surface area contributed by atoms with E-state index in [2.05, 4.69) is 29.2 Å². The number of β-amino-alcohol motifs (C(OH)–C–C–N with tert-alkyl or cyclic N) is 1. The van der Waals surface area contributed by atoms with Gasteiger partial charge < -0.3 is 15.3 Å². The third-order valence-electron chi connectivity index (χ3n) is 4.16. The minimum absolute atomic E-state index is 0.167. The lowest BCUT2D eigenvalue weighted by molar-refractivity contribution is -0.00580. The van der Waals surface area contributed by atoms with Crippen LogP contribution >= 0.6 is 0 Å². The third kappa shape index (κ3) is 5.08. The van der Waals surface area contributed by atoms with E-state index >= 15 is 0 Å². The van der Waals surface area contributed by atoms with E-state index in [0.717, 1.165) is 25.9 Å². The highest BCUT2D eigenvalue weighted by molar-refractivity contribution is 5.23. The zero-order valence-corrected chi connectivity index (χ0v) is 13.0. The van der Waals surface area contributed by atoms with Crippen LogP contribution in [-0.2, 0) is 13.0 Å². The van der Waals surface area contributed by atoms with Gasteiger partial charge >= 0.3 is 0 Å². The number of hydrogen-bond donors (Lipinski definition) is 3. The number of aliphatic hydroxyl groups is 3. The standard InChI is InChI=1S/C17H27NO3/c1-16(2,20)8-7-14-3-5-15(6-4-14)11-18-10-9-17(21,12-18)13-19/h3-6,19-21H,7-13H2,1-2H3/t17-/m0/s1. The molecular weight excluding hydrogens is 266 g/mol. The lowest BCUT2D eigenvalue weighted by Crippen LogP contribution is -2.36. The van der Waals surface area contributed by atoms with E-state index in [-0.39, 0.29) is 6.61 Å². The summed E-state index contributed by atoms with van der Waals surface area (Å²) in [7, 11) is 0. The van der Waals surface area contributed by atoms with Crippen molar-refractivity contribution in [2.45, 2.75) is 50.9 Å². The zero-order valence-electron chi connectivity index (χ0n) is 13.0. The van der Waals surface area contributed by atoms with E-state index in [0.29, 0.717) is 13.0 Å². The monoisotopic (exact) mass is 293 g/mol. The van der Waals surface area contributed by atoms with E-state index in [1.54, 1.807) is 0 Å². The second-order valence-electron chi connectivity index (χ2n) is 6.97. The van der Waals surface area contributed by atoms with Gasteiger partial charge in [0.25, 0.3) is 0 Å². The molecule has 1 aliphatic rings. The molecular formula is C17H27NO3. The summed E-state index contributed by atoms with van der Waals surface area (Å²) in [6.07, 6.45) is 2.26. The summed E-state index contributed by atoms with van der Waals surface area (Å²) in [5.74, 6) is 0. The Hall–Kier alpha value is -0.940. The zero-order chi connectivity index (χ0) is 15.5. The number of aliphatic hydroxyl groups excluding tert-OH is 1. The van der Waals surface area contributed by atoms with Gasteiger partial charge in [-0.2, -0.15) is 0 Å². The summed E-state index contributed by atoms with van der Waals surface area (Å²) < 4.78 is 0. The van der Waals surface area contributed by atoms with E-state index < -0.39 is 11.2 Å². The van der Waals surface area contributed by atoms with Crippen LogP contribution in [0.25, 0.3) is 0 Å². The van der Waals surface area contributed by atoms with Crippen LogP contribution in [0.5, 0.6) is 0 Å². The first-order valence-electron chi connectivity index (χ1n) is 7.65. The predicted molar refractivity (Wildman–Crippen MR) is 83.0 cm³/mol. The summed E-state index contributed by atoms with van der Waals surface area (Å²) in [4.78, 5) is 2.17. The minimum atomic E-state index is -0.924. The molecule has 0 aliphatic carbocycles. The average Bonchev–Trinajstić information content (AvgIpc) is 2.79. The third-order valence-corrected chi connectivity index (χ3v) is 4.16. The van der Waals surface area contributed by atoms with E-state index in [4.69, 9.17) is 0 Å². The Morgan fingerprint density at radius 2 is 1.81 bits per heavy atom. The number of benzene rings is 1. The largest absolute Gasteiger partial charge is 0.393 e. The van der Waals surface area contributed by atoms with Crippen molar-refractivity contribution in [3.05, 3.63) is 35.4 Å². The van der Waals surface area contributed by atoms with Crippen molar-refractivity contribution in [2.75, 3.05) is 19.7 Å². The van der Waals surface area contributed by atoms with Crippen molar-refractivity contribution < 1.29 is 15.3 Å². The van der Waals surface area contributed by atoms with Gasteiger partial charge in [0.15, 0.2) is 0 Å². The number of nitrogens with zero attached hydrogens (tertiary/aromatic N) is 1. The topological polar surface area (TPSA) is 63.9 Å². The van der Waals surface area contributed by atoms with E-state index in [1.165, 1.54) is 11.1 Å². The fourth-order valence-corrected chi connectivity index (χ4v) is 2.72. The maximum absolute atomic E-state index is 10.0. The maximum Gasteiger partial charge on any atom is 0.102 e. The number of aryl methyl sites for hydroxylation is 1. The molecule has 3 N–H and O–H groups in total. The molecule has 1 heterocycles. The van der Waals surface area contributed by atoms with Gasteiger partial charge in [0.2, 0.25) is 0 Å². The molecule has 1 aromatic carbocycles. The molecule has 0 spiro atoms. The molecule has 118 valence electrons. The molecule has 0 unspecified atom stereocenters. The van der Waals surface area contributed by atoms with E-state index in [1.807, 2.05) is 13.8 Å². The second kappa shape index (κ2) is 6.44. The van der Waals surface area contributed by atoms with Crippen LogP contribution in [-0.4, -0.2) is 51.1 Å². The maximum atomic E-state index is 10.0. The molecule has 0 amide bonds. The summed E-state index contributed by atoms with van der Waals surface area (Å²) >= 11 is 0. The fourth-order valence-electron chi connectivity index (χ4n) is 2.72. The van der Waals surface area contributed by atoms with E-state index in [9.17, 15) is 15.3 Å². The molecule has 1 saturated heterocycles. The van der Waals surface area contributed by atoms with Crippen LogP contribution in [0, 0.1) is 0 Å². The number of likely N-dealkylation sites (tertiary alicyclic amines) is 1. The fraction of sp³-hybridized carbons (Fsp3) is 0.647. The van der Waals surface area contributed by atoms with Crippen molar-refractivity contribution in [3.63, 3.8) is 0 Å². The summed E-state index contributed by atoms with van der Waals surface area (Å²) in [6, 6.07) is 8.43. The molecule has 0 bridgehead atoms. The van der Waals surface area contributed by atoms with Crippen molar-refractivity contribution in [3.8, 4) is 0 Å². The Morgan fingerprint density at radius 1 is 1.19 bits per heavy atom. The minimum Gasteiger partial charge on any atom is -0.393 e. The number of hydrogen-bond acceptors (Lipinski definition) is 4. The molecule has 1 aliphatic heterocycles. The van der Waals surface area contributed by atoms with Crippen LogP contribution in [0.15, 0.2) is 24.3 Å². The molecule has 1 fully saturated rings. The Balaban J connectivity index is 1.86. The summed E-state index contributed by atoms with van der Waals surface area (Å²) in [5, 5.41) is 28.9. The van der Waals surface area contributed by atoms with Gasteiger partial charge in [0, 0.05) is 19.6 Å². The molecule has 1 atom stereocenters. The van der Waals surface area contributed by atoms with Crippen molar-refractivity contribution in [2.24, 2.45) is 0 Å². The Morgan fingerprint density at radius 3 is 2.33 bits per heavy atom. The van der Waals surface area contributed by atoms with Crippen molar-refractivity contribution in [1.29, 1.82) is 0 Å². The lowest BCUT2D eigenvalue weighted by Gasteiger charge is -2.21. The van der Waals surface area contributed by atoms with Gasteiger partial charge in [0.1, 0.15) is 5.60 Å². The van der Waals surface area contributed by atoms with Gasteiger partial charge in [-0.15, -0.1) is 0 Å². The number of rotatable bonds is 6. The highest BCUT2D eigenvalue weighted by Gasteiger charge is 2.35. The molecule has 0 saturated carbocycles. The highest BCUT2D eigenvalue weighted by Crippen LogP contribution is 2.22. The van der Waals surface area contributed by atoms with Crippen LogP contribution in [0.2, 0.25) is 0 Å². The van der Waals surface area contributed by atoms with Gasteiger partial charge in [-0.1, -0.05) is 24.3 Å². The first kappa shape index (κ1) is 16.4. The van der Waals surface area contributed by atoms with Gasteiger partial charge in [-0.05, 0) is 44.2 Å². The molecule has 4 nitrogen and oxygen atoms in total. The van der Waals surface area contributed by atoms with Gasteiger partial charge in [-0.3, -0.25) is 4.90 Å². The lowest BCUT2D eigenvalue weighted by atomic mass is 9.98. The highest BCUT2D eigenvalue weighted by atomic mass is 16.3. The molecule has 2 rings (SSSR count). The van der Waals surface area contributed by atoms with Crippen molar-refractivity contribution in [1.82, 2.24) is 4.90 Å². The predicted octanol–water partition coefficient (Wildman–Crippen LogP) is 1.32. The molecule has 1 aromatic rings. The first-order valence-corrected chi connectivity index (χ1v) is 7.65. The second-order valence-corrected chi connectivity index (χ2v) is 6.97. The normalized spacial score (nSPS) is 23.7. The van der Waals surface area contributed by atoms with Crippen LogP contribution < -0.4 is 0 Å². The average molecular weight is 293 g/mol. The molecule has 0 aromatic heterocycles. The summed E-state index contributed by atoms with van der Waals surface area (Å²) in [6.45, 7) is 5.64. The van der Waals surface area contributed by atoms with Gasteiger partial charge in [0.05, 0.1) is 12.2 Å². The van der Waals surface area contributed by atoms with Gasteiger partial charge in [-0.25, -0.2) is 0 Å². The van der Waals surface area contributed by atoms with Crippen LogP contribution in [0.3, 0.4) is 0 Å². The molecule has 4 heteroatoms. The Bertz CT molecular complexity index is 452. The SMILES string of the molecule is CC(C)(O)CCc1ccc(CN2CC[C@@](O)(CO)C2)cc1. The summed E-state index contributed by atoms with van der Waals surface area (Å²) in [5.41, 5.74) is 0.897. The molecule has 21 heavy (non-hydrogen) atoms. The quantitative estimate of drug-likeness (QED) is 0.740. The molecule has 0 radical (unpaired) electrons. The Kier molecular flexibility index (Phi) is 5.04. The smallest absolute Gasteiger partial charge is 0.102 e. The first-order chi connectivity index (χ1) is 9.80. The van der Waals surface area contributed by atoms with Crippen LogP contribution in [0.1, 0.15) is 37.8 Å². The Labute approximate surface area is 127 Å².